The molecule has 0 N–H and O–H groups in total. The van der Waals surface area contributed by atoms with Crippen LogP contribution in [0.2, 0.25) is 0 Å². The van der Waals surface area contributed by atoms with Crippen molar-refractivity contribution >= 4 is 28.8 Å². The molecule has 0 saturated heterocycles. The van der Waals surface area contributed by atoms with Crippen molar-refractivity contribution in [1.82, 2.24) is 14.8 Å². The van der Waals surface area contributed by atoms with Crippen LogP contribution in [0.15, 0.2) is 22.8 Å². The summed E-state index contributed by atoms with van der Waals surface area (Å²) in [6, 6.07) is 4.54. The van der Waals surface area contributed by atoms with Crippen molar-refractivity contribution < 1.29 is 9.53 Å². The number of aliphatic imine (C=N–C) groups is 1. The molecule has 1 saturated carbocycles. The molecule has 3 aliphatic rings. The molecule has 0 amide bonds. The Bertz CT molecular complexity index is 1820. The number of rotatable bonds is 14. The minimum absolute atomic E-state index is 0.0469. The molecule has 4 atom stereocenters. The van der Waals surface area contributed by atoms with Crippen LogP contribution < -0.4 is 4.90 Å². The van der Waals surface area contributed by atoms with Crippen LogP contribution in [0.25, 0.3) is 10.4 Å². The van der Waals surface area contributed by atoms with Crippen molar-refractivity contribution in [3.63, 3.8) is 0 Å². The van der Waals surface area contributed by atoms with Crippen molar-refractivity contribution in [3.05, 3.63) is 52.0 Å². The number of esters is 1. The molecule has 57 heavy (non-hydrogen) atoms. The van der Waals surface area contributed by atoms with Gasteiger partial charge in [-0.15, -0.1) is 0 Å². The zero-order chi connectivity index (χ0) is 42.0. The van der Waals surface area contributed by atoms with Crippen molar-refractivity contribution in [3.8, 4) is 0 Å². The van der Waals surface area contributed by atoms with Gasteiger partial charge in [0.15, 0.2) is 17.5 Å². The first-order valence-electron chi connectivity index (χ1n) is 22.5. The predicted molar refractivity (Wildman–Crippen MR) is 237 cm³/mol. The molecule has 1 aromatic carbocycles. The molecule has 8 nitrogen and oxygen atoms in total. The van der Waals surface area contributed by atoms with E-state index in [9.17, 15) is 4.79 Å². The van der Waals surface area contributed by atoms with E-state index in [0.29, 0.717) is 29.3 Å². The number of carbonyl (C=O) groups excluding carboxylic acids is 1. The van der Waals surface area contributed by atoms with Crippen molar-refractivity contribution in [1.29, 1.82) is 0 Å². The van der Waals surface area contributed by atoms with Gasteiger partial charge in [0.25, 0.3) is 0 Å². The second kappa shape index (κ2) is 17.8. The summed E-state index contributed by atoms with van der Waals surface area (Å²) >= 11 is 0. The lowest BCUT2D eigenvalue weighted by Gasteiger charge is -2.50. The van der Waals surface area contributed by atoms with Gasteiger partial charge in [-0.1, -0.05) is 121 Å². The Hall–Kier alpha value is -3.47. The Balaban J connectivity index is 1.59. The maximum atomic E-state index is 14.8. The molecule has 8 heteroatoms. The van der Waals surface area contributed by atoms with E-state index in [0.717, 1.165) is 56.3 Å². The van der Waals surface area contributed by atoms with Gasteiger partial charge in [-0.25, -0.2) is 24.3 Å². The fourth-order valence-electron chi connectivity index (χ4n) is 10.1. The smallest absolute Gasteiger partial charge is 0.331 e. The maximum absolute atomic E-state index is 14.8. The molecule has 1 aromatic heterocycles. The number of fused-ring (bicyclic) bond motifs is 2. The number of carbonyl (C=O) groups is 1. The van der Waals surface area contributed by atoms with Crippen LogP contribution >= 0.6 is 0 Å². The van der Waals surface area contributed by atoms with E-state index < -0.39 is 5.97 Å². The molecular weight excluding hydrogens is 705 g/mol. The minimum atomic E-state index is -0.487. The molecule has 0 spiro atoms. The van der Waals surface area contributed by atoms with E-state index in [4.69, 9.17) is 26.4 Å². The highest BCUT2D eigenvalue weighted by Crippen LogP contribution is 2.51. The van der Waals surface area contributed by atoms with Gasteiger partial charge < -0.3 is 9.64 Å². The molecule has 314 valence electrons. The minimum Gasteiger partial charge on any atom is -0.459 e. The lowest BCUT2D eigenvalue weighted by molar-refractivity contribution is -0.162. The van der Waals surface area contributed by atoms with Crippen LogP contribution in [0.5, 0.6) is 0 Å². The average Bonchev–Trinajstić information content (AvgIpc) is 3.67. The molecule has 2 aromatic rings. The topological polar surface area (TPSA) is 77.0 Å². The number of aromatic nitrogens is 3. The van der Waals surface area contributed by atoms with Gasteiger partial charge in [0, 0.05) is 35.5 Å². The van der Waals surface area contributed by atoms with Gasteiger partial charge in [-0.2, -0.15) is 5.10 Å². The Labute approximate surface area is 346 Å². The molecule has 0 radical (unpaired) electrons. The fraction of sp³-hybridized carbons (Fsp3) is 0.735. The number of unbranched alkanes of at least 4 members (excludes halogenated alkanes) is 6. The largest absolute Gasteiger partial charge is 0.459 e. The average molecular weight is 781 g/mol. The van der Waals surface area contributed by atoms with E-state index in [2.05, 4.69) is 119 Å². The maximum Gasteiger partial charge on any atom is 0.331 e. The zero-order valence-electron chi connectivity index (χ0n) is 38.3. The summed E-state index contributed by atoms with van der Waals surface area (Å²) in [5.41, 5.74) is 4.70. The summed E-state index contributed by atoms with van der Waals surface area (Å²) < 4.78 is 8.42. The highest BCUT2D eigenvalue weighted by atomic mass is 16.5. The number of nitrogens with zero attached hydrogens (tertiary/aromatic N) is 6. The first kappa shape index (κ1) is 44.6. The number of benzene rings is 1. The quantitative estimate of drug-likeness (QED) is 0.108. The van der Waals surface area contributed by atoms with Crippen LogP contribution in [-0.2, 0) is 9.53 Å². The molecular formula is C49H76N6O2. The zero-order valence-corrected chi connectivity index (χ0v) is 38.3. The van der Waals surface area contributed by atoms with Gasteiger partial charge in [0.1, 0.15) is 11.7 Å². The Morgan fingerprint density at radius 3 is 2.19 bits per heavy atom. The molecule has 2 aliphatic heterocycles. The Kier molecular flexibility index (Phi) is 13.9. The molecule has 1 fully saturated rings. The summed E-state index contributed by atoms with van der Waals surface area (Å²) in [6.45, 7) is 41.3. The van der Waals surface area contributed by atoms with Crippen LogP contribution in [0, 0.1) is 42.1 Å². The lowest BCUT2D eigenvalue weighted by atomic mass is 9.59. The number of ether oxygens (including phenoxy) is 1. The number of hydrogen-bond donors (Lipinski definition) is 0. The monoisotopic (exact) mass is 781 g/mol. The third-order valence-electron chi connectivity index (χ3n) is 13.5. The molecule has 4 unspecified atom stereocenters. The first-order valence-corrected chi connectivity index (χ1v) is 22.5. The van der Waals surface area contributed by atoms with Crippen LogP contribution in [0.1, 0.15) is 202 Å². The highest BCUT2D eigenvalue weighted by Gasteiger charge is 2.49. The second-order valence-corrected chi connectivity index (χ2v) is 20.9. The van der Waals surface area contributed by atoms with E-state index in [1.165, 1.54) is 49.8 Å². The third-order valence-corrected chi connectivity index (χ3v) is 13.5. The molecule has 5 rings (SSSR count). The third kappa shape index (κ3) is 9.71. The SMILES string of the molecule is [C-]#[N+]C1=C(C(=O)OC2C(C(C)(C)C)CC(C)CC2C(C)(C)C)c2nc(C(C)CCCC)nn2C1=Nc1cc2c(cc1C)N(CCCCCCCC)C(C)(C)CC2C. The molecule has 1 aliphatic carbocycles. The number of allylic oxidation sites excluding steroid dienone is 1. The van der Waals surface area contributed by atoms with Crippen LogP contribution in [-0.4, -0.2) is 44.8 Å². The highest BCUT2D eigenvalue weighted by molar-refractivity contribution is 6.29. The summed E-state index contributed by atoms with van der Waals surface area (Å²) in [6.07, 6.45) is 13.5. The van der Waals surface area contributed by atoms with Gasteiger partial charge in [0.05, 0.1) is 12.3 Å². The normalized spacial score (nSPS) is 24.7. The Morgan fingerprint density at radius 2 is 1.60 bits per heavy atom. The first-order chi connectivity index (χ1) is 26.7. The summed E-state index contributed by atoms with van der Waals surface area (Å²) in [7, 11) is 0. The second-order valence-electron chi connectivity index (χ2n) is 20.9. The molecule has 0 bridgehead atoms. The van der Waals surface area contributed by atoms with Crippen molar-refractivity contribution in [2.45, 2.75) is 197 Å². The van der Waals surface area contributed by atoms with Gasteiger partial charge in [-0.3, -0.25) is 0 Å². The van der Waals surface area contributed by atoms with Crippen molar-refractivity contribution in [2.75, 3.05) is 11.4 Å². The lowest BCUT2D eigenvalue weighted by Crippen LogP contribution is -2.49. The van der Waals surface area contributed by atoms with Gasteiger partial charge in [-0.05, 0) is 98.8 Å². The molecule has 3 heterocycles. The predicted octanol–water partition coefficient (Wildman–Crippen LogP) is 13.2. The van der Waals surface area contributed by atoms with Crippen LogP contribution in [0.3, 0.4) is 0 Å². The number of anilines is 1. The summed E-state index contributed by atoms with van der Waals surface area (Å²) in [5.74, 6) is 2.25. The van der Waals surface area contributed by atoms with E-state index in [1.807, 2.05) is 0 Å². The fourth-order valence-corrected chi connectivity index (χ4v) is 10.1. The Morgan fingerprint density at radius 1 is 0.982 bits per heavy atom. The number of aryl methyl sites for hydroxylation is 1. The van der Waals surface area contributed by atoms with E-state index in [1.54, 1.807) is 4.68 Å². The van der Waals surface area contributed by atoms with Crippen molar-refractivity contribution in [2.24, 2.45) is 33.6 Å². The van der Waals surface area contributed by atoms with E-state index >= 15 is 0 Å². The standard InChI is InChI=1S/C49H76N6O2/c1-16-18-20-21-22-23-25-54-39-28-33(5)38(29-35(39)34(6)30-49(54,13)14)51-45-41(50-15)40(44-52-43(53-55(44)45)32(4)24-19-17-2)46(56)57-42-36(47(7,8)9)26-31(3)27-37(42)48(10,11)12/h28-29,31-32,34,36-37,42H,16-27,30H2,1-14H3. The van der Waals surface area contributed by atoms with Crippen LogP contribution in [0.4, 0.5) is 11.4 Å². The number of hydrogen-bond acceptors (Lipinski definition) is 6. The van der Waals surface area contributed by atoms with Gasteiger partial charge >= 0.3 is 5.97 Å². The van der Waals surface area contributed by atoms with Gasteiger partial charge in [0.2, 0.25) is 5.70 Å². The van der Waals surface area contributed by atoms with E-state index in [-0.39, 0.29) is 51.5 Å². The summed E-state index contributed by atoms with van der Waals surface area (Å²) in [4.78, 5) is 31.8. The summed E-state index contributed by atoms with van der Waals surface area (Å²) in [5, 5.41) is 5.01.